The Balaban J connectivity index is 2.66. The molecule has 0 amide bonds. The molecular formula is C13H11NO2. The van der Waals surface area contributed by atoms with Crippen LogP contribution in [0.1, 0.15) is 5.56 Å². The third kappa shape index (κ3) is 1.03. The van der Waals surface area contributed by atoms with Crippen LogP contribution >= 0.6 is 0 Å². The first kappa shape index (κ1) is 9.09. The number of hydrogen-bond donors (Lipinski definition) is 2. The van der Waals surface area contributed by atoms with E-state index in [-0.39, 0.29) is 5.75 Å². The molecule has 3 heteroatoms. The third-order valence-corrected chi connectivity index (χ3v) is 2.84. The van der Waals surface area contributed by atoms with Crippen LogP contribution in [0.3, 0.4) is 0 Å². The second-order valence-electron chi connectivity index (χ2n) is 3.93. The van der Waals surface area contributed by atoms with Crippen LogP contribution in [0.5, 0.6) is 5.75 Å². The van der Waals surface area contributed by atoms with Crippen LogP contribution in [0.4, 0.5) is 5.69 Å². The van der Waals surface area contributed by atoms with Crippen LogP contribution in [0.25, 0.3) is 21.9 Å². The Morgan fingerprint density at radius 2 is 2.00 bits per heavy atom. The minimum absolute atomic E-state index is 0.245. The zero-order valence-corrected chi connectivity index (χ0v) is 8.82. The first-order valence-corrected chi connectivity index (χ1v) is 5.08. The monoisotopic (exact) mass is 213 g/mol. The number of fused-ring (bicyclic) bond motifs is 3. The SMILES string of the molecule is Cc1cc(N)c2oc3ccccc3c2c1O. The average Bonchev–Trinajstić information content (AvgIpc) is 2.66. The molecule has 0 aliphatic rings. The van der Waals surface area contributed by atoms with E-state index in [1.807, 2.05) is 31.2 Å². The van der Waals surface area contributed by atoms with Gasteiger partial charge in [-0.2, -0.15) is 0 Å². The van der Waals surface area contributed by atoms with Gasteiger partial charge in [-0.3, -0.25) is 0 Å². The molecular weight excluding hydrogens is 202 g/mol. The highest BCUT2D eigenvalue weighted by Gasteiger charge is 2.14. The Hall–Kier alpha value is -2.16. The number of nitrogen functional groups attached to an aromatic ring is 1. The van der Waals surface area contributed by atoms with Crippen LogP contribution in [-0.4, -0.2) is 5.11 Å². The number of furan rings is 1. The Bertz CT molecular complexity index is 698. The minimum atomic E-state index is 0.245. The summed E-state index contributed by atoms with van der Waals surface area (Å²) in [7, 11) is 0. The summed E-state index contributed by atoms with van der Waals surface area (Å²) in [5.74, 6) is 0.245. The van der Waals surface area contributed by atoms with Gasteiger partial charge in [-0.1, -0.05) is 18.2 Å². The summed E-state index contributed by atoms with van der Waals surface area (Å²) in [5, 5.41) is 11.6. The van der Waals surface area contributed by atoms with Gasteiger partial charge >= 0.3 is 0 Å². The van der Waals surface area contributed by atoms with Crippen LogP contribution in [0, 0.1) is 6.92 Å². The van der Waals surface area contributed by atoms with E-state index in [4.69, 9.17) is 10.2 Å². The number of hydrogen-bond acceptors (Lipinski definition) is 3. The third-order valence-electron chi connectivity index (χ3n) is 2.84. The largest absolute Gasteiger partial charge is 0.507 e. The number of anilines is 1. The summed E-state index contributed by atoms with van der Waals surface area (Å²) >= 11 is 0. The standard InChI is InChI=1S/C13H11NO2/c1-7-6-9(14)13-11(12(7)15)8-4-2-3-5-10(8)16-13/h2-6,15H,14H2,1H3. The lowest BCUT2D eigenvalue weighted by Gasteiger charge is -2.02. The molecule has 0 saturated carbocycles. The molecule has 3 rings (SSSR count). The van der Waals surface area contributed by atoms with E-state index in [0.29, 0.717) is 16.7 Å². The topological polar surface area (TPSA) is 59.4 Å². The summed E-state index contributed by atoms with van der Waals surface area (Å²) in [6, 6.07) is 9.31. The zero-order chi connectivity index (χ0) is 11.3. The second kappa shape index (κ2) is 2.92. The number of phenols is 1. The van der Waals surface area contributed by atoms with Crippen LogP contribution < -0.4 is 5.73 Å². The van der Waals surface area contributed by atoms with Gasteiger partial charge < -0.3 is 15.3 Å². The minimum Gasteiger partial charge on any atom is -0.507 e. The summed E-state index contributed by atoms with van der Waals surface area (Å²) in [6.45, 7) is 1.83. The van der Waals surface area contributed by atoms with Crippen molar-refractivity contribution in [1.29, 1.82) is 0 Å². The van der Waals surface area contributed by atoms with E-state index in [0.717, 1.165) is 16.5 Å². The molecule has 0 fully saturated rings. The Morgan fingerprint density at radius 1 is 1.25 bits per heavy atom. The first-order chi connectivity index (χ1) is 7.68. The van der Waals surface area contributed by atoms with Gasteiger partial charge in [0.15, 0.2) is 5.58 Å². The van der Waals surface area contributed by atoms with Crippen molar-refractivity contribution in [3.63, 3.8) is 0 Å². The maximum Gasteiger partial charge on any atom is 0.162 e. The molecule has 0 spiro atoms. The van der Waals surface area contributed by atoms with Crippen LogP contribution in [-0.2, 0) is 0 Å². The summed E-state index contributed by atoms with van der Waals surface area (Å²) in [6.07, 6.45) is 0. The molecule has 3 aromatic rings. The van der Waals surface area contributed by atoms with E-state index in [2.05, 4.69) is 0 Å². The number of benzene rings is 2. The maximum absolute atomic E-state index is 10.1. The molecule has 80 valence electrons. The highest BCUT2D eigenvalue weighted by molar-refractivity contribution is 6.12. The number of para-hydroxylation sites is 1. The molecule has 2 aromatic carbocycles. The van der Waals surface area contributed by atoms with E-state index in [1.165, 1.54) is 0 Å². The van der Waals surface area contributed by atoms with Gasteiger partial charge in [0.25, 0.3) is 0 Å². The van der Waals surface area contributed by atoms with Crippen molar-refractivity contribution < 1.29 is 9.52 Å². The molecule has 16 heavy (non-hydrogen) atoms. The van der Waals surface area contributed by atoms with Crippen molar-refractivity contribution in [3.8, 4) is 5.75 Å². The van der Waals surface area contributed by atoms with Crippen molar-refractivity contribution in [3.05, 3.63) is 35.9 Å². The lowest BCUT2D eigenvalue weighted by molar-refractivity contribution is 0.477. The molecule has 0 radical (unpaired) electrons. The molecule has 1 aromatic heterocycles. The predicted molar refractivity (Wildman–Crippen MR) is 64.5 cm³/mol. The fraction of sp³-hybridized carbons (Fsp3) is 0.0769. The Kier molecular flexibility index (Phi) is 1.66. The lowest BCUT2D eigenvalue weighted by Crippen LogP contribution is -1.87. The average molecular weight is 213 g/mol. The Morgan fingerprint density at radius 3 is 2.81 bits per heavy atom. The van der Waals surface area contributed by atoms with Crippen molar-refractivity contribution in [2.45, 2.75) is 6.92 Å². The summed E-state index contributed by atoms with van der Waals surface area (Å²) in [5.41, 5.74) is 8.50. The summed E-state index contributed by atoms with van der Waals surface area (Å²) in [4.78, 5) is 0. The van der Waals surface area contributed by atoms with E-state index in [9.17, 15) is 5.11 Å². The van der Waals surface area contributed by atoms with E-state index >= 15 is 0 Å². The molecule has 3 N–H and O–H groups in total. The van der Waals surface area contributed by atoms with Gasteiger partial charge in [0.05, 0.1) is 11.1 Å². The van der Waals surface area contributed by atoms with Gasteiger partial charge in [0.2, 0.25) is 0 Å². The van der Waals surface area contributed by atoms with Crippen molar-refractivity contribution in [1.82, 2.24) is 0 Å². The smallest absolute Gasteiger partial charge is 0.162 e. The normalized spacial score (nSPS) is 11.3. The first-order valence-electron chi connectivity index (χ1n) is 5.08. The summed E-state index contributed by atoms with van der Waals surface area (Å²) < 4.78 is 5.63. The van der Waals surface area contributed by atoms with Crippen molar-refractivity contribution in [2.75, 3.05) is 5.73 Å². The van der Waals surface area contributed by atoms with Crippen LogP contribution in [0.2, 0.25) is 0 Å². The quantitative estimate of drug-likeness (QED) is 0.445. The van der Waals surface area contributed by atoms with Gasteiger partial charge in [0, 0.05) is 5.39 Å². The molecule has 0 atom stereocenters. The number of aromatic hydroxyl groups is 1. The van der Waals surface area contributed by atoms with E-state index in [1.54, 1.807) is 6.07 Å². The number of phenolic OH excluding ortho intramolecular Hbond substituents is 1. The lowest BCUT2D eigenvalue weighted by atomic mass is 10.1. The van der Waals surface area contributed by atoms with Gasteiger partial charge in [0.1, 0.15) is 11.3 Å². The fourth-order valence-electron chi connectivity index (χ4n) is 2.05. The molecule has 0 saturated heterocycles. The molecule has 0 bridgehead atoms. The maximum atomic E-state index is 10.1. The zero-order valence-electron chi connectivity index (χ0n) is 8.82. The molecule has 0 unspecified atom stereocenters. The number of rotatable bonds is 0. The highest BCUT2D eigenvalue weighted by Crippen LogP contribution is 2.39. The van der Waals surface area contributed by atoms with Crippen LogP contribution in [0.15, 0.2) is 34.7 Å². The molecule has 0 aliphatic carbocycles. The predicted octanol–water partition coefficient (Wildman–Crippen LogP) is 3.18. The number of nitrogens with two attached hydrogens (primary N) is 1. The molecule has 1 heterocycles. The van der Waals surface area contributed by atoms with Gasteiger partial charge in [-0.25, -0.2) is 0 Å². The molecule has 3 nitrogen and oxygen atoms in total. The van der Waals surface area contributed by atoms with E-state index < -0.39 is 0 Å². The van der Waals surface area contributed by atoms with Gasteiger partial charge in [-0.05, 0) is 24.6 Å². The Labute approximate surface area is 92.1 Å². The second-order valence-corrected chi connectivity index (χ2v) is 3.93. The van der Waals surface area contributed by atoms with Gasteiger partial charge in [-0.15, -0.1) is 0 Å². The number of aryl methyl sites for hydroxylation is 1. The fourth-order valence-corrected chi connectivity index (χ4v) is 2.05. The highest BCUT2D eigenvalue weighted by atomic mass is 16.3. The van der Waals surface area contributed by atoms with Crippen molar-refractivity contribution >= 4 is 27.6 Å². The molecule has 0 aliphatic heterocycles. The van der Waals surface area contributed by atoms with Crippen molar-refractivity contribution in [2.24, 2.45) is 0 Å².